The third-order valence-electron chi connectivity index (χ3n) is 5.43. The lowest BCUT2D eigenvalue weighted by molar-refractivity contribution is -0.137. The Bertz CT molecular complexity index is 788. The highest BCUT2D eigenvalue weighted by Gasteiger charge is 2.28. The number of amides is 1. The quantitative estimate of drug-likeness (QED) is 0.504. The molecule has 0 aliphatic heterocycles. The molecule has 2 aromatic carbocycles. The van der Waals surface area contributed by atoms with E-state index in [4.69, 9.17) is 9.84 Å². The molecule has 2 aromatic rings. The molecular weight excluding hydrogens is 366 g/mol. The van der Waals surface area contributed by atoms with Crippen molar-refractivity contribution < 1.29 is 19.4 Å². The van der Waals surface area contributed by atoms with Gasteiger partial charge in [0.1, 0.15) is 6.61 Å². The molecule has 0 unspecified atom stereocenters. The van der Waals surface area contributed by atoms with Crippen LogP contribution in [0.25, 0.3) is 11.1 Å². The maximum Gasteiger partial charge on any atom is 0.407 e. The first-order chi connectivity index (χ1) is 14.2. The van der Waals surface area contributed by atoms with Crippen LogP contribution in [0.15, 0.2) is 48.5 Å². The molecule has 29 heavy (non-hydrogen) atoms. The topological polar surface area (TPSA) is 75.6 Å². The van der Waals surface area contributed by atoms with Crippen molar-refractivity contribution in [2.24, 2.45) is 0 Å². The number of fused-ring (bicyclic) bond motifs is 3. The fraction of sp³-hybridized carbons (Fsp3) is 0.417. The number of carboxylic acids is 1. The Labute approximate surface area is 172 Å². The lowest BCUT2D eigenvalue weighted by atomic mass is 9.98. The molecule has 154 valence electrons. The van der Waals surface area contributed by atoms with Gasteiger partial charge >= 0.3 is 12.1 Å². The van der Waals surface area contributed by atoms with Gasteiger partial charge in [0.15, 0.2) is 0 Å². The van der Waals surface area contributed by atoms with Crippen LogP contribution in [0.3, 0.4) is 0 Å². The monoisotopic (exact) mass is 395 g/mol. The van der Waals surface area contributed by atoms with E-state index in [-0.39, 0.29) is 18.4 Å². The summed E-state index contributed by atoms with van der Waals surface area (Å²) in [5, 5.41) is 11.4. The highest BCUT2D eigenvalue weighted by Crippen LogP contribution is 2.44. The zero-order chi connectivity index (χ0) is 20.5. The molecule has 0 spiro atoms. The van der Waals surface area contributed by atoms with Crippen LogP contribution in [0, 0.1) is 0 Å². The van der Waals surface area contributed by atoms with Crippen LogP contribution in [-0.4, -0.2) is 30.3 Å². The number of benzene rings is 2. The minimum absolute atomic E-state index is 0.0824. The number of carbonyl (C=O) groups is 2. The first kappa shape index (κ1) is 20.9. The number of hydrogen-bond acceptors (Lipinski definition) is 3. The van der Waals surface area contributed by atoms with Crippen molar-refractivity contribution in [2.45, 2.75) is 50.9 Å². The maximum atomic E-state index is 12.1. The molecule has 0 saturated heterocycles. The molecule has 0 atom stereocenters. The second kappa shape index (κ2) is 10.6. The van der Waals surface area contributed by atoms with E-state index in [0.29, 0.717) is 13.2 Å². The summed E-state index contributed by atoms with van der Waals surface area (Å²) >= 11 is 0. The molecule has 5 heteroatoms. The van der Waals surface area contributed by atoms with Crippen molar-refractivity contribution in [1.82, 2.24) is 5.32 Å². The Balaban J connectivity index is 1.35. The van der Waals surface area contributed by atoms with Gasteiger partial charge in [-0.15, -0.1) is 0 Å². The van der Waals surface area contributed by atoms with Crippen LogP contribution in [0.2, 0.25) is 0 Å². The lowest BCUT2D eigenvalue weighted by Crippen LogP contribution is -2.27. The molecule has 0 fully saturated rings. The first-order valence-electron chi connectivity index (χ1n) is 10.5. The van der Waals surface area contributed by atoms with Crippen LogP contribution < -0.4 is 5.32 Å². The molecule has 0 aromatic heterocycles. The Hall–Kier alpha value is -2.82. The van der Waals surface area contributed by atoms with Crippen LogP contribution in [0.4, 0.5) is 4.79 Å². The SMILES string of the molecule is O=C(O)CCCCCCCCNC(=O)OCC1c2ccccc2-c2ccccc21. The highest BCUT2D eigenvalue weighted by molar-refractivity contribution is 5.79. The van der Waals surface area contributed by atoms with Crippen molar-refractivity contribution >= 4 is 12.1 Å². The largest absolute Gasteiger partial charge is 0.481 e. The van der Waals surface area contributed by atoms with Crippen LogP contribution in [0.5, 0.6) is 0 Å². The van der Waals surface area contributed by atoms with Gasteiger partial charge in [0.25, 0.3) is 0 Å². The number of carboxylic acid groups (broad SMARTS) is 1. The molecule has 1 aliphatic rings. The van der Waals surface area contributed by atoms with Crippen molar-refractivity contribution in [3.63, 3.8) is 0 Å². The number of alkyl carbamates (subject to hydrolysis) is 1. The third-order valence-corrected chi connectivity index (χ3v) is 5.43. The van der Waals surface area contributed by atoms with Gasteiger partial charge in [0.05, 0.1) is 0 Å². The fourth-order valence-electron chi connectivity index (χ4n) is 3.95. The minimum atomic E-state index is -0.725. The summed E-state index contributed by atoms with van der Waals surface area (Å²) in [4.78, 5) is 22.5. The third kappa shape index (κ3) is 5.83. The van der Waals surface area contributed by atoms with Gasteiger partial charge < -0.3 is 15.2 Å². The van der Waals surface area contributed by atoms with E-state index in [2.05, 4.69) is 29.6 Å². The normalized spacial score (nSPS) is 12.3. The van der Waals surface area contributed by atoms with E-state index < -0.39 is 5.97 Å². The Morgan fingerprint density at radius 2 is 1.38 bits per heavy atom. The fourth-order valence-corrected chi connectivity index (χ4v) is 3.95. The first-order valence-corrected chi connectivity index (χ1v) is 10.5. The summed E-state index contributed by atoms with van der Waals surface area (Å²) in [7, 11) is 0. The van der Waals surface area contributed by atoms with E-state index in [1.807, 2.05) is 24.3 Å². The summed E-state index contributed by atoms with van der Waals surface area (Å²) in [5.41, 5.74) is 4.87. The molecule has 0 saturated carbocycles. The molecule has 3 rings (SSSR count). The average Bonchev–Trinajstić information content (AvgIpc) is 3.04. The van der Waals surface area contributed by atoms with Crippen LogP contribution in [-0.2, 0) is 9.53 Å². The summed E-state index contributed by atoms with van der Waals surface area (Å²) in [6.07, 6.45) is 5.61. The molecule has 0 heterocycles. The van der Waals surface area contributed by atoms with Gasteiger partial charge in [-0.05, 0) is 35.1 Å². The second-order valence-corrected chi connectivity index (χ2v) is 7.52. The van der Waals surface area contributed by atoms with E-state index in [9.17, 15) is 9.59 Å². The number of unbranched alkanes of at least 4 members (excludes halogenated alkanes) is 5. The molecule has 2 N–H and O–H groups in total. The molecule has 1 amide bonds. The number of ether oxygens (including phenoxy) is 1. The molecule has 5 nitrogen and oxygen atoms in total. The van der Waals surface area contributed by atoms with Gasteiger partial charge in [-0.3, -0.25) is 4.79 Å². The lowest BCUT2D eigenvalue weighted by Gasteiger charge is -2.14. The average molecular weight is 395 g/mol. The standard InChI is InChI=1S/C24H29NO4/c26-23(27)15-5-3-1-2-4-10-16-25-24(28)29-17-22-20-13-8-6-11-18(20)19-12-7-9-14-21(19)22/h6-9,11-14,22H,1-5,10,15-17H2,(H,25,28)(H,26,27). The van der Waals surface area contributed by atoms with Crippen LogP contribution in [0.1, 0.15) is 62.0 Å². The Morgan fingerprint density at radius 1 is 0.828 bits per heavy atom. The molecule has 1 aliphatic carbocycles. The molecule has 0 radical (unpaired) electrons. The van der Waals surface area contributed by atoms with Gasteiger partial charge in [0, 0.05) is 18.9 Å². The van der Waals surface area contributed by atoms with Gasteiger partial charge in [0.2, 0.25) is 0 Å². The number of nitrogens with one attached hydrogen (secondary N) is 1. The maximum absolute atomic E-state index is 12.1. The summed E-state index contributed by atoms with van der Waals surface area (Å²) in [6, 6.07) is 16.6. The Morgan fingerprint density at radius 3 is 2.00 bits per heavy atom. The van der Waals surface area contributed by atoms with Crippen molar-refractivity contribution in [3.8, 4) is 11.1 Å². The van der Waals surface area contributed by atoms with Gasteiger partial charge in [-0.1, -0.05) is 74.2 Å². The van der Waals surface area contributed by atoms with Crippen molar-refractivity contribution in [1.29, 1.82) is 0 Å². The van der Waals surface area contributed by atoms with E-state index in [1.165, 1.54) is 22.3 Å². The number of carbonyl (C=O) groups excluding carboxylic acids is 1. The second-order valence-electron chi connectivity index (χ2n) is 7.52. The number of aliphatic carboxylic acids is 1. The predicted molar refractivity (Wildman–Crippen MR) is 113 cm³/mol. The number of rotatable bonds is 11. The van der Waals surface area contributed by atoms with Crippen molar-refractivity contribution in [2.75, 3.05) is 13.2 Å². The summed E-state index contributed by atoms with van der Waals surface area (Å²) in [6.45, 7) is 0.940. The molecule has 0 bridgehead atoms. The van der Waals surface area contributed by atoms with Gasteiger partial charge in [-0.2, -0.15) is 0 Å². The van der Waals surface area contributed by atoms with Crippen molar-refractivity contribution in [3.05, 3.63) is 59.7 Å². The van der Waals surface area contributed by atoms with E-state index in [1.54, 1.807) is 0 Å². The van der Waals surface area contributed by atoms with Gasteiger partial charge in [-0.25, -0.2) is 4.79 Å². The number of hydrogen-bond donors (Lipinski definition) is 2. The van der Waals surface area contributed by atoms with E-state index in [0.717, 1.165) is 38.5 Å². The summed E-state index contributed by atoms with van der Waals surface area (Å²) < 4.78 is 5.52. The minimum Gasteiger partial charge on any atom is -0.481 e. The van der Waals surface area contributed by atoms with Crippen LogP contribution >= 0.6 is 0 Å². The highest BCUT2D eigenvalue weighted by atomic mass is 16.5. The zero-order valence-corrected chi connectivity index (χ0v) is 16.7. The Kier molecular flexibility index (Phi) is 7.68. The smallest absolute Gasteiger partial charge is 0.407 e. The predicted octanol–water partition coefficient (Wildman–Crippen LogP) is 5.34. The zero-order valence-electron chi connectivity index (χ0n) is 16.7. The molecular formula is C24H29NO4. The summed E-state index contributed by atoms with van der Waals surface area (Å²) in [5.74, 6) is -0.642. The van der Waals surface area contributed by atoms with E-state index >= 15 is 0 Å².